The third-order valence-corrected chi connectivity index (χ3v) is 4.21. The van der Waals surface area contributed by atoms with Crippen molar-refractivity contribution in [3.63, 3.8) is 0 Å². The number of benzene rings is 1. The number of halogens is 3. The molecule has 2 heterocycles. The van der Waals surface area contributed by atoms with E-state index in [1.807, 2.05) is 9.80 Å². The predicted octanol–water partition coefficient (Wildman–Crippen LogP) is 2.70. The van der Waals surface area contributed by atoms with Crippen LogP contribution in [0.25, 0.3) is 0 Å². The third-order valence-electron chi connectivity index (χ3n) is 4.21. The smallest absolute Gasteiger partial charge is 0.417 e. The number of aromatic nitrogens is 2. The van der Waals surface area contributed by atoms with Gasteiger partial charge in [-0.2, -0.15) is 23.4 Å². The topological polar surface area (TPSA) is 65.3 Å². The summed E-state index contributed by atoms with van der Waals surface area (Å²) in [5.74, 6) is 1.08. The summed E-state index contributed by atoms with van der Waals surface area (Å²) in [6, 6.07) is 5.41. The summed E-state index contributed by atoms with van der Waals surface area (Å²) in [6.45, 7) is 2.23. The summed E-state index contributed by atoms with van der Waals surface area (Å²) in [6.07, 6.45) is -1.42. The standard InChI is InChI=1S/C17H16F3N5O/c1-26-16-11-22-10-15(23-16)25-6-4-24(5-7-25)13-3-2-12(9-21)14(8-13)17(18,19)20/h2-3,8,10-11H,4-7H2,1H3. The van der Waals surface area contributed by atoms with E-state index in [4.69, 9.17) is 10.00 Å². The van der Waals surface area contributed by atoms with E-state index in [-0.39, 0.29) is 5.56 Å². The Morgan fingerprint density at radius 3 is 2.42 bits per heavy atom. The second-order valence-corrected chi connectivity index (χ2v) is 5.73. The molecule has 2 aromatic rings. The first-order valence-electron chi connectivity index (χ1n) is 7.89. The largest absolute Gasteiger partial charge is 0.480 e. The number of ether oxygens (including phenoxy) is 1. The van der Waals surface area contributed by atoms with Gasteiger partial charge in [-0.3, -0.25) is 4.98 Å². The lowest BCUT2D eigenvalue weighted by Gasteiger charge is -2.36. The molecule has 9 heteroatoms. The highest BCUT2D eigenvalue weighted by Gasteiger charge is 2.34. The molecule has 0 aliphatic carbocycles. The Labute approximate surface area is 148 Å². The fraction of sp³-hybridized carbons (Fsp3) is 0.353. The lowest BCUT2D eigenvalue weighted by atomic mass is 10.1. The minimum Gasteiger partial charge on any atom is -0.480 e. The van der Waals surface area contributed by atoms with E-state index in [1.165, 1.54) is 19.4 Å². The maximum atomic E-state index is 13.1. The Bertz CT molecular complexity index is 826. The molecule has 0 unspecified atom stereocenters. The van der Waals surface area contributed by atoms with Crippen molar-refractivity contribution < 1.29 is 17.9 Å². The molecule has 0 N–H and O–H groups in total. The number of hydrogen-bond donors (Lipinski definition) is 0. The highest BCUT2D eigenvalue weighted by Crippen LogP contribution is 2.34. The van der Waals surface area contributed by atoms with E-state index >= 15 is 0 Å². The lowest BCUT2D eigenvalue weighted by molar-refractivity contribution is -0.137. The number of nitrogens with zero attached hydrogens (tertiary/aromatic N) is 5. The second kappa shape index (κ2) is 7.07. The molecule has 6 nitrogen and oxygen atoms in total. The molecule has 0 amide bonds. The monoisotopic (exact) mass is 363 g/mol. The number of hydrogen-bond acceptors (Lipinski definition) is 6. The van der Waals surface area contributed by atoms with Crippen LogP contribution < -0.4 is 14.5 Å². The maximum absolute atomic E-state index is 13.1. The van der Waals surface area contributed by atoms with Gasteiger partial charge in [0.05, 0.1) is 36.7 Å². The Morgan fingerprint density at radius 2 is 1.81 bits per heavy atom. The fourth-order valence-electron chi connectivity index (χ4n) is 2.84. The van der Waals surface area contributed by atoms with Crippen LogP contribution in [0.3, 0.4) is 0 Å². The average Bonchev–Trinajstić information content (AvgIpc) is 2.67. The number of anilines is 2. The van der Waals surface area contributed by atoms with Gasteiger partial charge in [-0.25, -0.2) is 0 Å². The van der Waals surface area contributed by atoms with Crippen LogP contribution in [0.1, 0.15) is 11.1 Å². The highest BCUT2D eigenvalue weighted by atomic mass is 19.4. The van der Waals surface area contributed by atoms with E-state index in [0.29, 0.717) is 43.6 Å². The van der Waals surface area contributed by atoms with E-state index in [2.05, 4.69) is 9.97 Å². The van der Waals surface area contributed by atoms with Crippen LogP contribution in [0.4, 0.5) is 24.7 Å². The Morgan fingerprint density at radius 1 is 1.12 bits per heavy atom. The minimum absolute atomic E-state index is 0.369. The summed E-state index contributed by atoms with van der Waals surface area (Å²) >= 11 is 0. The SMILES string of the molecule is COc1cncc(N2CCN(c3ccc(C#N)c(C(F)(F)F)c3)CC2)n1. The maximum Gasteiger partial charge on any atom is 0.417 e. The zero-order valence-corrected chi connectivity index (χ0v) is 14.0. The van der Waals surface area contributed by atoms with Gasteiger partial charge in [-0.15, -0.1) is 0 Å². The van der Waals surface area contributed by atoms with Gasteiger partial charge in [0.1, 0.15) is 0 Å². The number of methoxy groups -OCH3 is 1. The molecule has 1 aromatic heterocycles. The molecule has 136 valence electrons. The number of alkyl halides is 3. The van der Waals surface area contributed by atoms with Crippen molar-refractivity contribution in [2.75, 3.05) is 43.1 Å². The summed E-state index contributed by atoms with van der Waals surface area (Å²) < 4.78 is 44.5. The quantitative estimate of drug-likeness (QED) is 0.835. The molecule has 26 heavy (non-hydrogen) atoms. The molecule has 0 bridgehead atoms. The molecule has 1 aliphatic rings. The molecule has 0 saturated carbocycles. The van der Waals surface area contributed by atoms with Crippen LogP contribution in [-0.2, 0) is 6.18 Å². The molecular formula is C17H16F3N5O. The van der Waals surface area contributed by atoms with Gasteiger partial charge in [-0.1, -0.05) is 0 Å². The Hall–Kier alpha value is -3.02. The van der Waals surface area contributed by atoms with Crippen molar-refractivity contribution >= 4 is 11.5 Å². The highest BCUT2D eigenvalue weighted by molar-refractivity contribution is 5.56. The first kappa shape index (κ1) is 17.8. The van der Waals surface area contributed by atoms with Gasteiger partial charge in [0.2, 0.25) is 5.88 Å². The van der Waals surface area contributed by atoms with Crippen molar-refractivity contribution in [1.29, 1.82) is 5.26 Å². The van der Waals surface area contributed by atoms with Crippen molar-refractivity contribution in [1.82, 2.24) is 9.97 Å². The van der Waals surface area contributed by atoms with Crippen LogP contribution in [0.2, 0.25) is 0 Å². The number of nitriles is 1. The normalized spacial score (nSPS) is 14.9. The van der Waals surface area contributed by atoms with Gasteiger partial charge in [-0.05, 0) is 18.2 Å². The minimum atomic E-state index is -4.56. The lowest BCUT2D eigenvalue weighted by Crippen LogP contribution is -2.47. The molecule has 1 saturated heterocycles. The molecule has 0 spiro atoms. The molecule has 1 aromatic carbocycles. The summed E-state index contributed by atoms with van der Waals surface area (Å²) in [4.78, 5) is 12.2. The molecule has 1 fully saturated rings. The van der Waals surface area contributed by atoms with E-state index in [9.17, 15) is 13.2 Å². The van der Waals surface area contributed by atoms with Gasteiger partial charge < -0.3 is 14.5 Å². The zero-order valence-electron chi connectivity index (χ0n) is 14.0. The van der Waals surface area contributed by atoms with Crippen LogP contribution in [-0.4, -0.2) is 43.3 Å². The van der Waals surface area contributed by atoms with E-state index < -0.39 is 11.7 Å². The molecular weight excluding hydrogens is 347 g/mol. The average molecular weight is 363 g/mol. The Balaban J connectivity index is 1.75. The van der Waals surface area contributed by atoms with Crippen LogP contribution in [0.15, 0.2) is 30.6 Å². The zero-order chi connectivity index (χ0) is 18.7. The van der Waals surface area contributed by atoms with Crippen LogP contribution in [0.5, 0.6) is 5.88 Å². The van der Waals surface area contributed by atoms with Crippen LogP contribution >= 0.6 is 0 Å². The molecule has 3 rings (SSSR count). The summed E-state index contributed by atoms with van der Waals surface area (Å²) in [7, 11) is 1.51. The molecule has 0 atom stereocenters. The Kier molecular flexibility index (Phi) is 4.84. The first-order chi connectivity index (χ1) is 12.4. The summed E-state index contributed by atoms with van der Waals surface area (Å²) in [5, 5.41) is 8.89. The van der Waals surface area contributed by atoms with E-state index in [1.54, 1.807) is 18.3 Å². The van der Waals surface area contributed by atoms with Crippen molar-refractivity contribution in [2.45, 2.75) is 6.18 Å². The van der Waals surface area contributed by atoms with Gasteiger partial charge in [0.15, 0.2) is 5.82 Å². The fourth-order valence-corrected chi connectivity index (χ4v) is 2.84. The van der Waals surface area contributed by atoms with Crippen LogP contribution in [0, 0.1) is 11.3 Å². The van der Waals surface area contributed by atoms with E-state index in [0.717, 1.165) is 6.07 Å². The number of rotatable bonds is 3. The number of piperazine rings is 1. The molecule has 1 aliphatic heterocycles. The van der Waals surface area contributed by atoms with Crippen molar-refractivity contribution in [2.24, 2.45) is 0 Å². The van der Waals surface area contributed by atoms with Gasteiger partial charge >= 0.3 is 6.18 Å². The second-order valence-electron chi connectivity index (χ2n) is 5.73. The summed E-state index contributed by atoms with van der Waals surface area (Å²) in [5.41, 5.74) is -0.821. The van der Waals surface area contributed by atoms with Crippen molar-refractivity contribution in [3.8, 4) is 11.9 Å². The van der Waals surface area contributed by atoms with Crippen molar-refractivity contribution in [3.05, 3.63) is 41.7 Å². The predicted molar refractivity (Wildman–Crippen MR) is 89.2 cm³/mol. The first-order valence-corrected chi connectivity index (χ1v) is 7.89. The molecule has 0 radical (unpaired) electrons. The van der Waals surface area contributed by atoms with Gasteiger partial charge in [0, 0.05) is 31.9 Å². The van der Waals surface area contributed by atoms with Gasteiger partial charge in [0.25, 0.3) is 0 Å². The third kappa shape index (κ3) is 3.64.